The summed E-state index contributed by atoms with van der Waals surface area (Å²) in [6.45, 7) is 0. The lowest BCUT2D eigenvalue weighted by Crippen LogP contribution is -2.21. The average Bonchev–Trinajstić information content (AvgIpc) is 2.43. The molecule has 2 rings (SSSR count). The Morgan fingerprint density at radius 1 is 1.20 bits per heavy atom. The molecule has 0 aliphatic carbocycles. The van der Waals surface area contributed by atoms with Crippen LogP contribution in [0.25, 0.3) is 0 Å². The maximum absolute atomic E-state index is 10.2. The number of non-ortho nitro benzene ring substituents is 1. The molecule has 0 atom stereocenters. The molecule has 1 aromatic carbocycles. The van der Waals surface area contributed by atoms with Crippen LogP contribution in [0.1, 0.15) is 10.4 Å². The van der Waals surface area contributed by atoms with E-state index in [1.54, 1.807) is 12.3 Å². The molecule has 0 saturated carbocycles. The molecule has 0 amide bonds. The second-order valence-corrected chi connectivity index (χ2v) is 4.47. The van der Waals surface area contributed by atoms with Crippen molar-refractivity contribution in [2.45, 2.75) is 0 Å². The number of halogens is 1. The summed E-state index contributed by atoms with van der Waals surface area (Å²) in [6.07, 6.45) is 1.79. The van der Waals surface area contributed by atoms with Gasteiger partial charge in [-0.15, -0.1) is 0 Å². The number of rotatable bonds is 2. The molecule has 0 aliphatic heterocycles. The number of anilines is 1. The summed E-state index contributed by atoms with van der Waals surface area (Å²) in [5, 5.41) is 20.3. The van der Waals surface area contributed by atoms with E-state index in [-0.39, 0.29) is 11.3 Å². The molecule has 104 valence electrons. The van der Waals surface area contributed by atoms with Crippen molar-refractivity contribution in [3.63, 3.8) is 0 Å². The van der Waals surface area contributed by atoms with Gasteiger partial charge in [-0.05, 0) is 39.7 Å². The van der Waals surface area contributed by atoms with Crippen molar-refractivity contribution in [1.82, 2.24) is 0 Å². The third kappa shape index (κ3) is 5.02. The van der Waals surface area contributed by atoms with Gasteiger partial charge in [0.15, 0.2) is 0 Å². The van der Waals surface area contributed by atoms with Crippen LogP contribution in [0.15, 0.2) is 47.1 Å². The number of carbonyl (C=O) groups is 1. The van der Waals surface area contributed by atoms with Crippen molar-refractivity contribution in [2.24, 2.45) is 0 Å². The first kappa shape index (κ1) is 15.6. The lowest BCUT2D eigenvalue weighted by molar-refractivity contribution is -0.384. The molecule has 1 aromatic heterocycles. The van der Waals surface area contributed by atoms with Gasteiger partial charge >= 0.3 is 0 Å². The van der Waals surface area contributed by atoms with E-state index in [2.05, 4.69) is 20.9 Å². The highest BCUT2D eigenvalue weighted by Crippen LogP contribution is 2.10. The molecular weight excluding hydrogens is 330 g/mol. The van der Waals surface area contributed by atoms with Crippen LogP contribution < -0.4 is 15.8 Å². The number of aromatic carboxylic acids is 1. The van der Waals surface area contributed by atoms with E-state index in [9.17, 15) is 20.0 Å². The van der Waals surface area contributed by atoms with Crippen LogP contribution >= 0.6 is 15.9 Å². The quantitative estimate of drug-likeness (QED) is 0.640. The predicted molar refractivity (Wildman–Crippen MR) is 72.5 cm³/mol. The standard InChI is InChI=1S/C7H5NO4.C5H5BrN2/c9-7(10)5-1-3-6(4-2-5)8(11)12;6-4-1-2-5(7)8-3-4/h1-4H,(H,9,10);1-3H,(H2,7,8). The molecule has 0 unspecified atom stereocenters. The Hall–Kier alpha value is -2.48. The molecule has 1 heterocycles. The van der Waals surface area contributed by atoms with E-state index < -0.39 is 10.9 Å². The zero-order valence-corrected chi connectivity index (χ0v) is 11.7. The number of hydrogen-bond acceptors (Lipinski definition) is 5. The fourth-order valence-electron chi connectivity index (χ4n) is 1.14. The first-order valence-electron chi connectivity index (χ1n) is 5.28. The topological polar surface area (TPSA) is 123 Å². The number of benzene rings is 1. The van der Waals surface area contributed by atoms with Crippen molar-refractivity contribution in [3.8, 4) is 0 Å². The normalized spacial score (nSPS) is 9.25. The summed E-state index contributed by atoms with van der Waals surface area (Å²) < 4.78 is 1.01. The molecule has 0 fully saturated rings. The lowest BCUT2D eigenvalue weighted by Gasteiger charge is -1.99. The minimum absolute atomic E-state index is 0.0689. The molecule has 0 bridgehead atoms. The molecule has 7 nitrogen and oxygen atoms in total. The van der Waals surface area contributed by atoms with Gasteiger partial charge in [-0.3, -0.25) is 15.8 Å². The maximum atomic E-state index is 10.2. The summed E-state index contributed by atoms with van der Waals surface area (Å²) in [7, 11) is 0. The van der Waals surface area contributed by atoms with E-state index in [1.165, 1.54) is 0 Å². The van der Waals surface area contributed by atoms with E-state index in [4.69, 9.17) is 5.73 Å². The maximum Gasteiger partial charge on any atom is 0.270 e. The number of nitrogens with two attached hydrogens (primary N) is 1. The van der Waals surface area contributed by atoms with Gasteiger partial charge in [0.25, 0.3) is 11.5 Å². The Labute approximate surface area is 122 Å². The van der Waals surface area contributed by atoms with Crippen LogP contribution in [0.2, 0.25) is 0 Å². The van der Waals surface area contributed by atoms with Gasteiger partial charge in [0.05, 0.1) is 15.4 Å². The molecule has 0 radical (unpaired) electrons. The molecule has 0 aliphatic rings. The molecule has 20 heavy (non-hydrogen) atoms. The highest BCUT2D eigenvalue weighted by molar-refractivity contribution is 9.10. The number of carboxylic acid groups (broad SMARTS) is 1. The molecule has 8 heteroatoms. The Morgan fingerprint density at radius 3 is 2.15 bits per heavy atom. The van der Waals surface area contributed by atoms with Crippen LogP contribution in [-0.2, 0) is 0 Å². The summed E-state index contributed by atoms with van der Waals surface area (Å²) >= 11 is 3.26. The van der Waals surface area contributed by atoms with E-state index >= 15 is 0 Å². The van der Waals surface area contributed by atoms with Gasteiger partial charge in [-0.25, -0.2) is 4.98 Å². The first-order valence-corrected chi connectivity index (χ1v) is 6.08. The number of nitrogens with zero attached hydrogens (tertiary/aromatic N) is 1. The van der Waals surface area contributed by atoms with Crippen molar-refractivity contribution < 1.29 is 19.8 Å². The zero-order valence-electron chi connectivity index (χ0n) is 10.1. The number of aromatic amines is 1. The van der Waals surface area contributed by atoms with Crippen LogP contribution in [0.3, 0.4) is 0 Å². The second-order valence-electron chi connectivity index (χ2n) is 3.55. The van der Waals surface area contributed by atoms with Crippen molar-refractivity contribution in [1.29, 1.82) is 0 Å². The molecular formula is C12H10BrN3O4. The summed E-state index contributed by atoms with van der Waals surface area (Å²) in [4.78, 5) is 22.6. The minimum atomic E-state index is -1.34. The van der Waals surface area contributed by atoms with Gasteiger partial charge in [-0.1, -0.05) is 0 Å². The number of nitro benzene ring substituents is 1. The Balaban J connectivity index is 0.000000217. The zero-order chi connectivity index (χ0) is 15.1. The number of carbonyl (C=O) groups excluding carboxylic acids is 1. The van der Waals surface area contributed by atoms with Crippen molar-refractivity contribution in [2.75, 3.05) is 5.73 Å². The third-order valence-corrected chi connectivity index (χ3v) is 2.61. The summed E-state index contributed by atoms with van der Waals surface area (Å²) in [5.74, 6) is -0.668. The van der Waals surface area contributed by atoms with Crippen LogP contribution in [0.4, 0.5) is 11.5 Å². The summed E-state index contributed by atoms with van der Waals surface area (Å²) in [5.41, 5.74) is 5.14. The van der Waals surface area contributed by atoms with Gasteiger partial charge in [0.1, 0.15) is 6.20 Å². The number of nitrogen functional groups attached to an aromatic ring is 1. The number of carboxylic acids is 1. The highest BCUT2D eigenvalue weighted by Gasteiger charge is 2.03. The number of nitrogens with one attached hydrogen (secondary N) is 1. The van der Waals surface area contributed by atoms with Crippen molar-refractivity contribution >= 4 is 33.4 Å². The molecule has 0 saturated heterocycles. The summed E-state index contributed by atoms with van der Waals surface area (Å²) in [6, 6.07) is 8.17. The second kappa shape index (κ2) is 7.19. The highest BCUT2D eigenvalue weighted by atomic mass is 79.9. The number of H-pyrrole nitrogens is 1. The molecule has 3 N–H and O–H groups in total. The number of hydrogen-bond donors (Lipinski definition) is 1. The number of nitro groups is 1. The van der Waals surface area contributed by atoms with E-state index in [1.807, 2.05) is 6.07 Å². The van der Waals surface area contributed by atoms with Gasteiger partial charge in [0.2, 0.25) is 0 Å². The fourth-order valence-corrected chi connectivity index (χ4v) is 1.38. The van der Waals surface area contributed by atoms with E-state index in [0.717, 1.165) is 28.7 Å². The van der Waals surface area contributed by atoms with Crippen molar-refractivity contribution in [3.05, 3.63) is 62.7 Å². The van der Waals surface area contributed by atoms with Gasteiger partial charge in [0, 0.05) is 18.2 Å². The molecule has 2 aromatic rings. The smallest absolute Gasteiger partial charge is 0.270 e. The Morgan fingerprint density at radius 2 is 1.80 bits per heavy atom. The minimum Gasteiger partial charge on any atom is -0.545 e. The fraction of sp³-hybridized carbons (Fsp3) is 0. The Bertz CT molecular complexity index is 545. The van der Waals surface area contributed by atoms with Gasteiger partial charge in [-0.2, -0.15) is 0 Å². The number of aromatic nitrogens is 1. The Kier molecular flexibility index (Phi) is 5.60. The first-order chi connectivity index (χ1) is 9.40. The van der Waals surface area contributed by atoms with E-state index in [0.29, 0.717) is 5.82 Å². The predicted octanol–water partition coefficient (Wildman–Crippen LogP) is 0.804. The van der Waals surface area contributed by atoms with Crippen LogP contribution in [0.5, 0.6) is 0 Å². The SMILES string of the molecule is Nc1ccc(Br)c[nH+]1.O=C([O-])c1ccc([N+](=O)[O-])cc1. The average molecular weight is 340 g/mol. The number of pyridine rings is 1. The van der Waals surface area contributed by atoms with Gasteiger partial charge < -0.3 is 9.90 Å². The lowest BCUT2D eigenvalue weighted by atomic mass is 10.2. The monoisotopic (exact) mass is 339 g/mol. The molecule has 0 spiro atoms. The largest absolute Gasteiger partial charge is 0.545 e. The third-order valence-electron chi connectivity index (χ3n) is 2.11. The van der Waals surface area contributed by atoms with Crippen LogP contribution in [-0.4, -0.2) is 10.9 Å². The van der Waals surface area contributed by atoms with Crippen LogP contribution in [0, 0.1) is 10.1 Å².